The van der Waals surface area contributed by atoms with Crippen LogP contribution in [0.5, 0.6) is 5.75 Å². The van der Waals surface area contributed by atoms with Crippen molar-refractivity contribution >= 4 is 22.0 Å². The van der Waals surface area contributed by atoms with Gasteiger partial charge >= 0.3 is 6.18 Å². The van der Waals surface area contributed by atoms with E-state index in [1.54, 1.807) is 12.1 Å². The second-order valence-electron chi connectivity index (χ2n) is 3.37. The van der Waals surface area contributed by atoms with E-state index in [4.69, 9.17) is 4.74 Å². The molecule has 1 aromatic rings. The van der Waals surface area contributed by atoms with Crippen molar-refractivity contribution in [2.24, 2.45) is 0 Å². The fourth-order valence-electron chi connectivity index (χ4n) is 1.28. The molecule has 1 nitrogen and oxygen atoms in total. The van der Waals surface area contributed by atoms with Crippen molar-refractivity contribution in [1.82, 2.24) is 0 Å². The molecule has 0 aliphatic carbocycles. The summed E-state index contributed by atoms with van der Waals surface area (Å²) in [6.07, 6.45) is -0.131. The summed E-state index contributed by atoms with van der Waals surface area (Å²) in [7, 11) is 1.35. The van der Waals surface area contributed by atoms with Crippen LogP contribution in [0, 0.1) is 0 Å². The Hall–Kier alpha value is -0.970. The summed E-state index contributed by atoms with van der Waals surface area (Å²) in [5.74, 6) is 0.207. The number of benzene rings is 1. The Morgan fingerprint density at radius 3 is 2.53 bits per heavy atom. The number of halogens is 4. The zero-order chi connectivity index (χ0) is 12.9. The van der Waals surface area contributed by atoms with Gasteiger partial charge in [-0.05, 0) is 30.2 Å². The minimum Gasteiger partial charge on any atom is -0.497 e. The second-order valence-corrected chi connectivity index (χ2v) is 4.17. The molecule has 0 fully saturated rings. The normalized spacial score (nSPS) is 12.1. The maximum atomic E-state index is 12.6. The monoisotopic (exact) mass is 308 g/mol. The van der Waals surface area contributed by atoms with Gasteiger partial charge < -0.3 is 4.74 Å². The maximum absolute atomic E-state index is 12.6. The lowest BCUT2D eigenvalue weighted by Gasteiger charge is -2.10. The molecular weight excluding hydrogens is 297 g/mol. The van der Waals surface area contributed by atoms with Crippen LogP contribution in [-0.4, -0.2) is 12.4 Å². The summed E-state index contributed by atoms with van der Waals surface area (Å²) in [6, 6.07) is 3.66. The van der Waals surface area contributed by atoms with E-state index in [0.717, 1.165) is 23.9 Å². The van der Waals surface area contributed by atoms with Crippen molar-refractivity contribution in [2.45, 2.75) is 12.6 Å². The van der Waals surface area contributed by atoms with Gasteiger partial charge in [0, 0.05) is 5.33 Å². The lowest BCUT2D eigenvalue weighted by atomic mass is 10.1. The molecule has 0 atom stereocenters. The van der Waals surface area contributed by atoms with E-state index < -0.39 is 11.7 Å². The minimum absolute atomic E-state index is 0.207. The zero-order valence-electron chi connectivity index (χ0n) is 9.22. The number of allylic oxidation sites excluding steroid dienone is 1. The molecule has 1 rings (SSSR count). The van der Waals surface area contributed by atoms with E-state index in [9.17, 15) is 13.2 Å². The van der Waals surface area contributed by atoms with Gasteiger partial charge in [-0.2, -0.15) is 13.2 Å². The smallest absolute Gasteiger partial charge is 0.416 e. The van der Waals surface area contributed by atoms with E-state index in [1.165, 1.54) is 7.11 Å². The summed E-state index contributed by atoms with van der Waals surface area (Å²) in [6.45, 7) is 0. The Balaban J connectivity index is 3.06. The van der Waals surface area contributed by atoms with Gasteiger partial charge in [0.2, 0.25) is 0 Å². The first-order chi connectivity index (χ1) is 7.97. The van der Waals surface area contributed by atoms with E-state index in [1.807, 2.05) is 6.08 Å². The van der Waals surface area contributed by atoms with Crippen LogP contribution in [0.15, 0.2) is 24.3 Å². The molecule has 0 spiro atoms. The first kappa shape index (κ1) is 14.1. The molecule has 0 aromatic heterocycles. The Labute approximate surface area is 106 Å². The average Bonchev–Trinajstić information content (AvgIpc) is 2.28. The number of ether oxygens (including phenoxy) is 1. The average molecular weight is 309 g/mol. The molecule has 17 heavy (non-hydrogen) atoms. The van der Waals surface area contributed by atoms with Crippen LogP contribution in [0.25, 0.3) is 6.08 Å². The number of hydrogen-bond donors (Lipinski definition) is 0. The van der Waals surface area contributed by atoms with Crippen molar-refractivity contribution in [3.8, 4) is 5.75 Å². The molecule has 0 N–H and O–H groups in total. The molecule has 0 aliphatic heterocycles. The van der Waals surface area contributed by atoms with Gasteiger partial charge in [0.05, 0.1) is 12.7 Å². The third-order valence-corrected chi connectivity index (χ3v) is 2.54. The van der Waals surface area contributed by atoms with E-state index in [-0.39, 0.29) is 5.75 Å². The van der Waals surface area contributed by atoms with Crippen molar-refractivity contribution in [3.05, 3.63) is 35.4 Å². The third-order valence-electron chi connectivity index (χ3n) is 2.08. The summed E-state index contributed by atoms with van der Waals surface area (Å²) in [5.41, 5.74) is -0.215. The molecule has 0 bridgehead atoms. The van der Waals surface area contributed by atoms with Gasteiger partial charge in [-0.15, -0.1) is 0 Å². The highest BCUT2D eigenvalue weighted by Crippen LogP contribution is 2.32. The second kappa shape index (κ2) is 6.10. The van der Waals surface area contributed by atoms with E-state index in [2.05, 4.69) is 15.9 Å². The standard InChI is InChI=1S/C12H12BrF3O/c1-17-11-7-9(4-2-3-5-13)6-10(8-11)12(14,15)16/h2,4,6-8H,3,5H2,1H3. The van der Waals surface area contributed by atoms with E-state index in [0.29, 0.717) is 5.56 Å². The molecule has 0 saturated carbocycles. The summed E-state index contributed by atoms with van der Waals surface area (Å²) in [4.78, 5) is 0. The fraction of sp³-hybridized carbons (Fsp3) is 0.333. The summed E-state index contributed by atoms with van der Waals surface area (Å²) >= 11 is 3.24. The molecule has 94 valence electrons. The summed E-state index contributed by atoms with van der Waals surface area (Å²) in [5, 5.41) is 0.777. The van der Waals surface area contributed by atoms with Crippen LogP contribution in [0.3, 0.4) is 0 Å². The Morgan fingerprint density at radius 1 is 1.29 bits per heavy atom. The van der Waals surface area contributed by atoms with Crippen LogP contribution >= 0.6 is 15.9 Å². The molecule has 5 heteroatoms. The van der Waals surface area contributed by atoms with Crippen LogP contribution in [0.1, 0.15) is 17.5 Å². The predicted molar refractivity (Wildman–Crippen MR) is 65.4 cm³/mol. The van der Waals surface area contributed by atoms with Crippen molar-refractivity contribution in [1.29, 1.82) is 0 Å². The first-order valence-electron chi connectivity index (χ1n) is 4.96. The number of hydrogen-bond acceptors (Lipinski definition) is 1. The number of alkyl halides is 4. The molecule has 0 heterocycles. The highest BCUT2D eigenvalue weighted by molar-refractivity contribution is 9.09. The highest BCUT2D eigenvalue weighted by Gasteiger charge is 2.31. The SMILES string of the molecule is COc1cc(C=CCCBr)cc(C(F)(F)F)c1. The number of methoxy groups -OCH3 is 1. The fourth-order valence-corrected chi connectivity index (χ4v) is 1.55. The Kier molecular flexibility index (Phi) is 5.05. The van der Waals surface area contributed by atoms with Gasteiger partial charge in [0.1, 0.15) is 5.75 Å². The van der Waals surface area contributed by atoms with Crippen molar-refractivity contribution in [2.75, 3.05) is 12.4 Å². The van der Waals surface area contributed by atoms with Crippen LogP contribution in [0.4, 0.5) is 13.2 Å². The summed E-state index contributed by atoms with van der Waals surface area (Å²) < 4.78 is 42.6. The molecule has 1 aromatic carbocycles. The largest absolute Gasteiger partial charge is 0.497 e. The third kappa shape index (κ3) is 4.42. The van der Waals surface area contributed by atoms with Crippen LogP contribution in [-0.2, 0) is 6.18 Å². The molecular formula is C12H12BrF3O. The van der Waals surface area contributed by atoms with E-state index >= 15 is 0 Å². The Bertz CT molecular complexity index is 399. The van der Waals surface area contributed by atoms with Crippen LogP contribution < -0.4 is 4.74 Å². The van der Waals surface area contributed by atoms with Gasteiger partial charge in [0.25, 0.3) is 0 Å². The van der Waals surface area contributed by atoms with Crippen molar-refractivity contribution < 1.29 is 17.9 Å². The number of rotatable bonds is 4. The zero-order valence-corrected chi connectivity index (χ0v) is 10.8. The molecule has 0 saturated heterocycles. The van der Waals surface area contributed by atoms with Gasteiger partial charge in [0.15, 0.2) is 0 Å². The lowest BCUT2D eigenvalue weighted by molar-refractivity contribution is -0.137. The maximum Gasteiger partial charge on any atom is 0.416 e. The molecule has 0 radical (unpaired) electrons. The van der Waals surface area contributed by atoms with Gasteiger partial charge in [-0.25, -0.2) is 0 Å². The quantitative estimate of drug-likeness (QED) is 0.744. The van der Waals surface area contributed by atoms with Gasteiger partial charge in [-0.1, -0.05) is 28.1 Å². The molecule has 0 amide bonds. The molecule has 0 unspecified atom stereocenters. The topological polar surface area (TPSA) is 9.23 Å². The minimum atomic E-state index is -4.35. The lowest BCUT2D eigenvalue weighted by Crippen LogP contribution is -2.05. The highest BCUT2D eigenvalue weighted by atomic mass is 79.9. The molecule has 0 aliphatic rings. The Morgan fingerprint density at radius 2 is 2.00 bits per heavy atom. The van der Waals surface area contributed by atoms with Crippen molar-refractivity contribution in [3.63, 3.8) is 0 Å². The first-order valence-corrected chi connectivity index (χ1v) is 6.08. The van der Waals surface area contributed by atoms with Gasteiger partial charge in [-0.3, -0.25) is 0 Å². The van der Waals surface area contributed by atoms with Crippen LogP contribution in [0.2, 0.25) is 0 Å². The predicted octanol–water partition coefficient (Wildman–Crippen LogP) is 4.51.